The van der Waals surface area contributed by atoms with Crippen LogP contribution in [-0.4, -0.2) is 12.9 Å². The maximum Gasteiger partial charge on any atom is 0.200 e. The van der Waals surface area contributed by atoms with Crippen molar-refractivity contribution >= 4 is 5.78 Å². The summed E-state index contributed by atoms with van der Waals surface area (Å²) in [6.45, 7) is 0. The molecule has 2 nitrogen and oxygen atoms in total. The highest BCUT2D eigenvalue weighted by Crippen LogP contribution is 2.30. The van der Waals surface area contributed by atoms with Gasteiger partial charge in [-0.3, -0.25) is 4.79 Å². The van der Waals surface area contributed by atoms with Crippen LogP contribution in [0.25, 0.3) is 0 Å². The Morgan fingerprint density at radius 1 is 1.29 bits per heavy atom. The van der Waals surface area contributed by atoms with Crippen molar-refractivity contribution in [1.29, 1.82) is 0 Å². The molecule has 0 unspecified atom stereocenters. The van der Waals surface area contributed by atoms with Gasteiger partial charge in [0.15, 0.2) is 17.3 Å². The number of halogens is 2. The monoisotopic (exact) mass is 240 g/mol. The zero-order valence-electron chi connectivity index (χ0n) is 9.63. The molecule has 1 fully saturated rings. The average Bonchev–Trinajstić information content (AvgIpc) is 2.85. The molecule has 1 saturated carbocycles. The van der Waals surface area contributed by atoms with E-state index < -0.39 is 11.6 Å². The van der Waals surface area contributed by atoms with Crippen LogP contribution in [0.2, 0.25) is 0 Å². The Morgan fingerprint density at radius 3 is 2.53 bits per heavy atom. The molecule has 1 aromatic carbocycles. The zero-order chi connectivity index (χ0) is 12.4. The van der Waals surface area contributed by atoms with Crippen LogP contribution < -0.4 is 4.74 Å². The third kappa shape index (κ3) is 2.30. The number of methoxy groups -OCH3 is 1. The first kappa shape index (κ1) is 12.0. The molecular formula is C13H14F2O2. The van der Waals surface area contributed by atoms with Crippen molar-refractivity contribution in [3.63, 3.8) is 0 Å². The number of benzene rings is 1. The fraction of sp³-hybridized carbons (Fsp3) is 0.462. The van der Waals surface area contributed by atoms with E-state index in [2.05, 4.69) is 0 Å². The quantitative estimate of drug-likeness (QED) is 0.757. The molecule has 0 heterocycles. The molecule has 0 aromatic heterocycles. The summed E-state index contributed by atoms with van der Waals surface area (Å²) in [4.78, 5) is 12.0. The van der Waals surface area contributed by atoms with Gasteiger partial charge in [0.2, 0.25) is 5.82 Å². The molecule has 1 aliphatic carbocycles. The van der Waals surface area contributed by atoms with Gasteiger partial charge in [-0.1, -0.05) is 12.8 Å². The minimum Gasteiger partial charge on any atom is -0.494 e. The number of rotatable bonds is 3. The van der Waals surface area contributed by atoms with E-state index in [0.717, 1.165) is 31.7 Å². The summed E-state index contributed by atoms with van der Waals surface area (Å²) in [5.41, 5.74) is 0.202. The fourth-order valence-corrected chi connectivity index (χ4v) is 2.28. The average molecular weight is 240 g/mol. The molecule has 17 heavy (non-hydrogen) atoms. The van der Waals surface area contributed by atoms with Crippen LogP contribution in [0, 0.1) is 17.6 Å². The van der Waals surface area contributed by atoms with Gasteiger partial charge in [0.1, 0.15) is 0 Å². The van der Waals surface area contributed by atoms with Gasteiger partial charge >= 0.3 is 0 Å². The SMILES string of the molecule is COc1cc(C(=O)C2CCCC2)cc(F)c1F. The van der Waals surface area contributed by atoms with E-state index in [1.54, 1.807) is 0 Å². The van der Waals surface area contributed by atoms with Gasteiger partial charge in [-0.15, -0.1) is 0 Å². The molecular weight excluding hydrogens is 226 g/mol. The second kappa shape index (κ2) is 4.82. The summed E-state index contributed by atoms with van der Waals surface area (Å²) in [7, 11) is 1.25. The van der Waals surface area contributed by atoms with Crippen molar-refractivity contribution in [2.45, 2.75) is 25.7 Å². The Hall–Kier alpha value is -1.45. The van der Waals surface area contributed by atoms with Crippen LogP contribution in [0.5, 0.6) is 5.75 Å². The van der Waals surface area contributed by atoms with Crippen molar-refractivity contribution in [2.24, 2.45) is 5.92 Å². The third-order valence-electron chi connectivity index (χ3n) is 3.23. The molecule has 0 aliphatic heterocycles. The maximum atomic E-state index is 13.3. The lowest BCUT2D eigenvalue weighted by molar-refractivity contribution is 0.0922. The van der Waals surface area contributed by atoms with Crippen molar-refractivity contribution < 1.29 is 18.3 Å². The molecule has 0 N–H and O–H groups in total. The second-order valence-corrected chi connectivity index (χ2v) is 4.32. The Bertz CT molecular complexity index is 437. The molecule has 0 spiro atoms. The van der Waals surface area contributed by atoms with Crippen molar-refractivity contribution in [1.82, 2.24) is 0 Å². The smallest absolute Gasteiger partial charge is 0.200 e. The number of carbonyl (C=O) groups excluding carboxylic acids is 1. The Balaban J connectivity index is 2.32. The first-order chi connectivity index (χ1) is 8.13. The van der Waals surface area contributed by atoms with Crippen LogP contribution in [0.1, 0.15) is 36.0 Å². The Morgan fingerprint density at radius 2 is 1.94 bits per heavy atom. The lowest BCUT2D eigenvalue weighted by Gasteiger charge is -2.10. The lowest BCUT2D eigenvalue weighted by Crippen LogP contribution is -2.12. The summed E-state index contributed by atoms with van der Waals surface area (Å²) < 4.78 is 31.2. The van der Waals surface area contributed by atoms with E-state index >= 15 is 0 Å². The van der Waals surface area contributed by atoms with Crippen LogP contribution in [0.4, 0.5) is 8.78 Å². The first-order valence-electron chi connectivity index (χ1n) is 5.70. The highest BCUT2D eigenvalue weighted by molar-refractivity contribution is 5.98. The number of hydrogen-bond acceptors (Lipinski definition) is 2. The van der Waals surface area contributed by atoms with Crippen LogP contribution in [-0.2, 0) is 0 Å². The number of hydrogen-bond donors (Lipinski definition) is 0. The summed E-state index contributed by atoms with van der Waals surface area (Å²) in [5.74, 6) is -2.46. The molecule has 0 atom stereocenters. The minimum atomic E-state index is -1.05. The third-order valence-corrected chi connectivity index (χ3v) is 3.23. The maximum absolute atomic E-state index is 13.3. The van der Waals surface area contributed by atoms with E-state index in [4.69, 9.17) is 4.74 Å². The molecule has 1 aromatic rings. The van der Waals surface area contributed by atoms with E-state index in [9.17, 15) is 13.6 Å². The van der Waals surface area contributed by atoms with Crippen molar-refractivity contribution in [2.75, 3.05) is 7.11 Å². The van der Waals surface area contributed by atoms with Gasteiger partial charge in [-0.2, -0.15) is 4.39 Å². The molecule has 92 valence electrons. The topological polar surface area (TPSA) is 26.3 Å². The van der Waals surface area contributed by atoms with Crippen LogP contribution >= 0.6 is 0 Å². The second-order valence-electron chi connectivity index (χ2n) is 4.32. The summed E-state index contributed by atoms with van der Waals surface area (Å²) in [5, 5.41) is 0. The van der Waals surface area contributed by atoms with Crippen molar-refractivity contribution in [3.05, 3.63) is 29.3 Å². The van der Waals surface area contributed by atoms with Gasteiger partial charge in [-0.05, 0) is 25.0 Å². The Kier molecular flexibility index (Phi) is 3.41. The first-order valence-corrected chi connectivity index (χ1v) is 5.70. The molecule has 4 heteroatoms. The van der Waals surface area contributed by atoms with E-state index in [-0.39, 0.29) is 23.0 Å². The Labute approximate surface area is 98.6 Å². The van der Waals surface area contributed by atoms with Crippen LogP contribution in [0.15, 0.2) is 12.1 Å². The van der Waals surface area contributed by atoms with E-state index in [0.29, 0.717) is 0 Å². The zero-order valence-corrected chi connectivity index (χ0v) is 9.63. The molecule has 0 amide bonds. The van der Waals surface area contributed by atoms with E-state index in [1.807, 2.05) is 0 Å². The van der Waals surface area contributed by atoms with Crippen molar-refractivity contribution in [3.8, 4) is 5.75 Å². The number of carbonyl (C=O) groups is 1. The molecule has 1 aliphatic rings. The highest BCUT2D eigenvalue weighted by atomic mass is 19.2. The van der Waals surface area contributed by atoms with Gasteiger partial charge in [0.05, 0.1) is 7.11 Å². The van der Waals surface area contributed by atoms with Gasteiger partial charge in [0.25, 0.3) is 0 Å². The van der Waals surface area contributed by atoms with Gasteiger partial charge in [-0.25, -0.2) is 4.39 Å². The summed E-state index contributed by atoms with van der Waals surface area (Å²) in [6.07, 6.45) is 3.72. The number of ketones is 1. The largest absolute Gasteiger partial charge is 0.494 e. The summed E-state index contributed by atoms with van der Waals surface area (Å²) >= 11 is 0. The minimum absolute atomic E-state index is 0.0513. The van der Waals surface area contributed by atoms with Gasteiger partial charge in [0, 0.05) is 11.5 Å². The predicted molar refractivity (Wildman–Crippen MR) is 59.2 cm³/mol. The molecule has 0 radical (unpaired) electrons. The molecule has 0 saturated heterocycles. The lowest BCUT2D eigenvalue weighted by atomic mass is 9.96. The molecule has 2 rings (SSSR count). The standard InChI is InChI=1S/C13H14F2O2/c1-17-11-7-9(6-10(14)12(11)15)13(16)8-4-2-3-5-8/h6-8H,2-5H2,1H3. The highest BCUT2D eigenvalue weighted by Gasteiger charge is 2.25. The normalized spacial score (nSPS) is 16.2. The summed E-state index contributed by atoms with van der Waals surface area (Å²) in [6, 6.07) is 2.23. The van der Waals surface area contributed by atoms with Gasteiger partial charge < -0.3 is 4.74 Å². The fourth-order valence-electron chi connectivity index (χ4n) is 2.28. The molecule has 0 bridgehead atoms. The number of Topliss-reactive ketones (excluding diaryl/α,β-unsaturated/α-hetero) is 1. The predicted octanol–water partition coefficient (Wildman–Crippen LogP) is 3.35. The van der Waals surface area contributed by atoms with E-state index in [1.165, 1.54) is 13.2 Å². The number of ether oxygens (including phenoxy) is 1. The van der Waals surface area contributed by atoms with Crippen LogP contribution in [0.3, 0.4) is 0 Å².